The molecule has 19 heavy (non-hydrogen) atoms. The van der Waals surface area contributed by atoms with Gasteiger partial charge in [0.1, 0.15) is 12.1 Å². The Bertz CT molecular complexity index is 392. The highest BCUT2D eigenvalue weighted by Crippen LogP contribution is 2.66. The molecule has 0 aromatic heterocycles. The summed E-state index contributed by atoms with van der Waals surface area (Å²) in [7, 11) is 0. The molecule has 1 aliphatic heterocycles. The van der Waals surface area contributed by atoms with Crippen LogP contribution in [0.1, 0.15) is 53.4 Å². The van der Waals surface area contributed by atoms with Gasteiger partial charge >= 0.3 is 5.97 Å². The summed E-state index contributed by atoms with van der Waals surface area (Å²) in [5.74, 6) is 1.12. The van der Waals surface area contributed by atoms with Crippen LogP contribution in [0.15, 0.2) is 0 Å². The molecule has 5 unspecified atom stereocenters. The van der Waals surface area contributed by atoms with E-state index in [1.807, 2.05) is 0 Å². The van der Waals surface area contributed by atoms with Crippen LogP contribution >= 0.6 is 0 Å². The number of esters is 1. The van der Waals surface area contributed by atoms with Crippen LogP contribution in [0.3, 0.4) is 0 Å². The highest BCUT2D eigenvalue weighted by atomic mass is 16.5. The Balaban J connectivity index is 1.70. The zero-order chi connectivity index (χ0) is 13.8. The van der Waals surface area contributed by atoms with E-state index < -0.39 is 0 Å². The fourth-order valence-electron chi connectivity index (χ4n) is 4.67. The van der Waals surface area contributed by atoms with Crippen molar-refractivity contribution in [2.75, 3.05) is 6.54 Å². The maximum Gasteiger partial charge on any atom is 0.323 e. The largest absolute Gasteiger partial charge is 0.461 e. The van der Waals surface area contributed by atoms with Gasteiger partial charge in [-0.15, -0.1) is 0 Å². The molecular weight excluding hydrogens is 238 g/mol. The molecule has 5 atom stereocenters. The summed E-state index contributed by atoms with van der Waals surface area (Å²) in [6.07, 6.45) is 4.78. The molecule has 1 heterocycles. The first-order valence-electron chi connectivity index (χ1n) is 7.80. The first-order chi connectivity index (χ1) is 8.86. The second-order valence-corrected chi connectivity index (χ2v) is 7.73. The van der Waals surface area contributed by atoms with Gasteiger partial charge < -0.3 is 10.1 Å². The summed E-state index contributed by atoms with van der Waals surface area (Å²) in [5, 5.41) is 3.28. The second-order valence-electron chi connectivity index (χ2n) is 7.73. The average Bonchev–Trinajstić information content (AvgIpc) is 2.90. The molecule has 0 amide bonds. The lowest BCUT2D eigenvalue weighted by Gasteiger charge is -2.38. The smallest absolute Gasteiger partial charge is 0.323 e. The number of hydrogen-bond donors (Lipinski definition) is 1. The molecule has 0 aromatic carbocycles. The molecular formula is C16H27NO2. The molecule has 2 saturated carbocycles. The molecule has 2 aliphatic carbocycles. The van der Waals surface area contributed by atoms with Crippen LogP contribution in [0.2, 0.25) is 0 Å². The lowest BCUT2D eigenvalue weighted by atomic mass is 9.70. The van der Waals surface area contributed by atoms with Crippen molar-refractivity contribution in [3.63, 3.8) is 0 Å². The zero-order valence-electron chi connectivity index (χ0n) is 12.7. The van der Waals surface area contributed by atoms with E-state index >= 15 is 0 Å². The van der Waals surface area contributed by atoms with Crippen molar-refractivity contribution in [3.8, 4) is 0 Å². The lowest BCUT2D eigenvalue weighted by molar-refractivity contribution is -0.160. The Kier molecular flexibility index (Phi) is 2.97. The van der Waals surface area contributed by atoms with Crippen LogP contribution in [0.5, 0.6) is 0 Å². The van der Waals surface area contributed by atoms with E-state index in [-0.39, 0.29) is 23.5 Å². The van der Waals surface area contributed by atoms with E-state index in [1.54, 1.807) is 0 Å². The summed E-state index contributed by atoms with van der Waals surface area (Å²) >= 11 is 0. The van der Waals surface area contributed by atoms with Crippen LogP contribution < -0.4 is 5.32 Å². The molecule has 2 bridgehead atoms. The van der Waals surface area contributed by atoms with Crippen LogP contribution in [0.4, 0.5) is 0 Å². The van der Waals surface area contributed by atoms with Gasteiger partial charge in [0.15, 0.2) is 0 Å². The van der Waals surface area contributed by atoms with Gasteiger partial charge in [-0.2, -0.15) is 0 Å². The van der Waals surface area contributed by atoms with E-state index in [9.17, 15) is 4.79 Å². The van der Waals surface area contributed by atoms with E-state index in [0.717, 1.165) is 25.3 Å². The summed E-state index contributed by atoms with van der Waals surface area (Å²) < 4.78 is 5.94. The Morgan fingerprint density at radius 3 is 2.47 bits per heavy atom. The third-order valence-electron chi connectivity index (χ3n) is 6.76. The highest BCUT2D eigenvalue weighted by Gasteiger charge is 2.63. The second kappa shape index (κ2) is 4.21. The first-order valence-corrected chi connectivity index (χ1v) is 7.80. The number of carbonyl (C=O) groups is 1. The maximum absolute atomic E-state index is 12.4. The Hall–Kier alpha value is -0.570. The molecule has 1 saturated heterocycles. The molecule has 3 fully saturated rings. The molecule has 108 valence electrons. The minimum atomic E-state index is -0.0779. The van der Waals surface area contributed by atoms with Crippen molar-refractivity contribution in [1.82, 2.24) is 5.32 Å². The zero-order valence-corrected chi connectivity index (χ0v) is 12.7. The summed E-state index contributed by atoms with van der Waals surface area (Å²) in [5.41, 5.74) is 0.488. The summed E-state index contributed by atoms with van der Waals surface area (Å²) in [6, 6.07) is -0.0779. The Morgan fingerprint density at radius 2 is 2.00 bits per heavy atom. The standard InChI is InChI=1S/C16H27NO2/c1-10-6-8-17-13(10)14(18)19-12-9-11-5-7-16(12,4)15(11,2)3/h10-13,17H,5-9H2,1-4H3. The van der Waals surface area contributed by atoms with E-state index in [4.69, 9.17) is 4.74 Å². The molecule has 0 aromatic rings. The van der Waals surface area contributed by atoms with Crippen LogP contribution in [-0.4, -0.2) is 24.7 Å². The highest BCUT2D eigenvalue weighted by molar-refractivity contribution is 5.76. The molecule has 3 rings (SSSR count). The monoisotopic (exact) mass is 265 g/mol. The average molecular weight is 265 g/mol. The van der Waals surface area contributed by atoms with Crippen LogP contribution in [0.25, 0.3) is 0 Å². The van der Waals surface area contributed by atoms with Gasteiger partial charge in [0.25, 0.3) is 0 Å². The number of nitrogens with one attached hydrogen (secondary N) is 1. The normalized spacial score (nSPS) is 47.6. The molecule has 3 nitrogen and oxygen atoms in total. The molecule has 0 spiro atoms. The maximum atomic E-state index is 12.4. The molecule has 0 radical (unpaired) electrons. The van der Waals surface area contributed by atoms with Gasteiger partial charge in [-0.1, -0.05) is 27.7 Å². The number of hydrogen-bond acceptors (Lipinski definition) is 3. The SMILES string of the molecule is CC1CCNC1C(=O)OC1CC2CCC1(C)C2(C)C. The Morgan fingerprint density at radius 1 is 1.26 bits per heavy atom. The van der Waals surface area contributed by atoms with Gasteiger partial charge in [-0.25, -0.2) is 0 Å². The number of ether oxygens (including phenoxy) is 1. The van der Waals surface area contributed by atoms with Crippen molar-refractivity contribution in [1.29, 1.82) is 0 Å². The molecule has 3 aliphatic rings. The van der Waals surface area contributed by atoms with Crippen molar-refractivity contribution < 1.29 is 9.53 Å². The quantitative estimate of drug-likeness (QED) is 0.780. The molecule has 1 N–H and O–H groups in total. The lowest BCUT2D eigenvalue weighted by Crippen LogP contribution is -2.43. The van der Waals surface area contributed by atoms with E-state index in [0.29, 0.717) is 11.3 Å². The topological polar surface area (TPSA) is 38.3 Å². The third-order valence-corrected chi connectivity index (χ3v) is 6.76. The predicted octanol–water partition coefficient (Wildman–Crippen LogP) is 2.74. The number of rotatable bonds is 2. The van der Waals surface area contributed by atoms with Crippen molar-refractivity contribution >= 4 is 5.97 Å². The van der Waals surface area contributed by atoms with Crippen molar-refractivity contribution in [3.05, 3.63) is 0 Å². The fraction of sp³-hybridized carbons (Fsp3) is 0.938. The molecule has 3 heteroatoms. The van der Waals surface area contributed by atoms with Crippen LogP contribution in [0, 0.1) is 22.7 Å². The Labute approximate surface area is 116 Å². The van der Waals surface area contributed by atoms with E-state index in [2.05, 4.69) is 33.0 Å². The van der Waals surface area contributed by atoms with Gasteiger partial charge in [0.05, 0.1) is 0 Å². The number of fused-ring (bicyclic) bond motifs is 2. The van der Waals surface area contributed by atoms with Gasteiger partial charge in [-0.3, -0.25) is 4.79 Å². The van der Waals surface area contributed by atoms with Crippen molar-refractivity contribution in [2.45, 2.75) is 65.5 Å². The minimum Gasteiger partial charge on any atom is -0.461 e. The van der Waals surface area contributed by atoms with Gasteiger partial charge in [0.2, 0.25) is 0 Å². The summed E-state index contributed by atoms with van der Waals surface area (Å²) in [4.78, 5) is 12.4. The predicted molar refractivity (Wildman–Crippen MR) is 74.7 cm³/mol. The van der Waals surface area contributed by atoms with Crippen molar-refractivity contribution in [2.24, 2.45) is 22.7 Å². The van der Waals surface area contributed by atoms with E-state index in [1.165, 1.54) is 12.8 Å². The van der Waals surface area contributed by atoms with Gasteiger partial charge in [0, 0.05) is 5.41 Å². The van der Waals surface area contributed by atoms with Crippen LogP contribution in [-0.2, 0) is 9.53 Å². The summed E-state index contributed by atoms with van der Waals surface area (Å²) in [6.45, 7) is 10.1. The third kappa shape index (κ3) is 1.77. The minimum absolute atomic E-state index is 0.0143. The fourth-order valence-corrected chi connectivity index (χ4v) is 4.67. The number of carbonyl (C=O) groups excluding carboxylic acids is 1. The van der Waals surface area contributed by atoms with Gasteiger partial charge in [-0.05, 0) is 49.5 Å². The first kappa shape index (κ1) is 13.4.